The molecule has 6 heteroatoms. The molecule has 6 nitrogen and oxygen atoms in total. The molecule has 0 heterocycles. The summed E-state index contributed by atoms with van der Waals surface area (Å²) in [6, 6.07) is 24.4. The second-order valence-corrected chi connectivity index (χ2v) is 6.32. The normalized spacial score (nSPS) is 10.7. The zero-order chi connectivity index (χ0) is 21.3. The molecule has 0 unspecified atom stereocenters. The van der Waals surface area contributed by atoms with Crippen molar-refractivity contribution in [1.82, 2.24) is 0 Å². The number of carboxylic acid groups (broad SMARTS) is 1. The van der Waals surface area contributed by atoms with E-state index in [-0.39, 0.29) is 11.1 Å². The number of nitriles is 1. The Kier molecular flexibility index (Phi) is 6.59. The van der Waals surface area contributed by atoms with Crippen LogP contribution in [0.25, 0.3) is 6.08 Å². The van der Waals surface area contributed by atoms with Gasteiger partial charge in [-0.3, -0.25) is 4.79 Å². The van der Waals surface area contributed by atoms with Crippen LogP contribution in [-0.2, 0) is 11.4 Å². The second kappa shape index (κ2) is 9.71. The van der Waals surface area contributed by atoms with Gasteiger partial charge in [-0.05, 0) is 42.0 Å². The number of nitrogens with one attached hydrogen (secondary N) is 1. The predicted molar refractivity (Wildman–Crippen MR) is 113 cm³/mol. The van der Waals surface area contributed by atoms with Crippen LogP contribution in [0.3, 0.4) is 0 Å². The number of ether oxygens (including phenoxy) is 1. The monoisotopic (exact) mass is 398 g/mol. The first-order valence-corrected chi connectivity index (χ1v) is 9.09. The van der Waals surface area contributed by atoms with Crippen LogP contribution in [0.2, 0.25) is 0 Å². The van der Waals surface area contributed by atoms with E-state index < -0.39 is 11.9 Å². The van der Waals surface area contributed by atoms with Crippen molar-refractivity contribution in [2.24, 2.45) is 0 Å². The average molecular weight is 398 g/mol. The molecule has 1 amide bonds. The number of carbonyl (C=O) groups is 2. The van der Waals surface area contributed by atoms with E-state index in [0.29, 0.717) is 23.6 Å². The zero-order valence-corrected chi connectivity index (χ0v) is 15.9. The highest BCUT2D eigenvalue weighted by Crippen LogP contribution is 2.23. The molecule has 3 rings (SSSR count). The van der Waals surface area contributed by atoms with E-state index in [2.05, 4.69) is 5.32 Å². The highest BCUT2D eigenvalue weighted by Gasteiger charge is 2.12. The number of carboxylic acids is 1. The molecule has 0 atom stereocenters. The van der Waals surface area contributed by atoms with Crippen LogP contribution in [0.1, 0.15) is 21.5 Å². The van der Waals surface area contributed by atoms with Gasteiger partial charge in [0.1, 0.15) is 24.0 Å². The number of anilines is 1. The molecule has 0 aromatic heterocycles. The fourth-order valence-corrected chi connectivity index (χ4v) is 2.67. The molecule has 0 saturated carbocycles. The minimum absolute atomic E-state index is 0.104. The number of rotatable bonds is 7. The van der Waals surface area contributed by atoms with Gasteiger partial charge in [-0.25, -0.2) is 4.79 Å². The summed E-state index contributed by atoms with van der Waals surface area (Å²) in [7, 11) is 0. The largest absolute Gasteiger partial charge is 0.488 e. The van der Waals surface area contributed by atoms with Crippen molar-refractivity contribution in [3.63, 3.8) is 0 Å². The minimum Gasteiger partial charge on any atom is -0.488 e. The Balaban J connectivity index is 1.76. The van der Waals surface area contributed by atoms with Crippen molar-refractivity contribution < 1.29 is 19.4 Å². The van der Waals surface area contributed by atoms with Crippen LogP contribution in [-0.4, -0.2) is 17.0 Å². The van der Waals surface area contributed by atoms with Crippen molar-refractivity contribution in [3.8, 4) is 11.8 Å². The Hall–Kier alpha value is -4.37. The Bertz CT molecular complexity index is 1110. The van der Waals surface area contributed by atoms with Gasteiger partial charge in [0, 0.05) is 11.3 Å². The van der Waals surface area contributed by atoms with Crippen LogP contribution >= 0.6 is 0 Å². The van der Waals surface area contributed by atoms with Crippen molar-refractivity contribution in [3.05, 3.63) is 101 Å². The Labute approximate surface area is 173 Å². The fraction of sp³-hybridized carbons (Fsp3) is 0.0417. The van der Waals surface area contributed by atoms with Gasteiger partial charge in [-0.1, -0.05) is 48.5 Å². The molecule has 2 N–H and O–H groups in total. The molecule has 0 spiro atoms. The molecule has 0 bridgehead atoms. The van der Waals surface area contributed by atoms with Crippen LogP contribution in [0.4, 0.5) is 5.69 Å². The summed E-state index contributed by atoms with van der Waals surface area (Å²) in [4.78, 5) is 23.4. The number of hydrogen-bond donors (Lipinski definition) is 2. The Morgan fingerprint density at radius 1 is 0.967 bits per heavy atom. The van der Waals surface area contributed by atoms with Gasteiger partial charge in [0.15, 0.2) is 0 Å². The van der Waals surface area contributed by atoms with Crippen molar-refractivity contribution in [2.45, 2.75) is 6.61 Å². The first-order chi connectivity index (χ1) is 14.6. The lowest BCUT2D eigenvalue weighted by Gasteiger charge is -2.10. The van der Waals surface area contributed by atoms with E-state index in [1.807, 2.05) is 42.5 Å². The predicted octanol–water partition coefficient (Wildman–Crippen LogP) is 4.51. The number of para-hydroxylation sites is 1. The minimum atomic E-state index is -1.06. The quantitative estimate of drug-likeness (QED) is 0.451. The third kappa shape index (κ3) is 5.33. The van der Waals surface area contributed by atoms with Gasteiger partial charge in [-0.15, -0.1) is 0 Å². The smallest absolute Gasteiger partial charge is 0.335 e. The molecule has 0 aliphatic rings. The maximum absolute atomic E-state index is 12.5. The highest BCUT2D eigenvalue weighted by molar-refractivity contribution is 6.10. The lowest BCUT2D eigenvalue weighted by atomic mass is 10.1. The summed E-state index contributed by atoms with van der Waals surface area (Å²) in [5.41, 5.74) is 1.99. The number of nitrogens with zero attached hydrogens (tertiary/aromatic N) is 1. The molecule has 0 aliphatic carbocycles. The first-order valence-electron chi connectivity index (χ1n) is 9.09. The lowest BCUT2D eigenvalue weighted by Crippen LogP contribution is -2.13. The van der Waals surface area contributed by atoms with E-state index in [9.17, 15) is 14.9 Å². The van der Waals surface area contributed by atoms with Gasteiger partial charge in [-0.2, -0.15) is 5.26 Å². The second-order valence-electron chi connectivity index (χ2n) is 6.32. The van der Waals surface area contributed by atoms with Crippen molar-refractivity contribution in [1.29, 1.82) is 5.26 Å². The SMILES string of the molecule is N#C/C(=C\c1ccccc1OCc1ccccc1)C(=O)Nc1ccc(C(=O)O)cc1. The number of amides is 1. The molecule has 0 fully saturated rings. The summed E-state index contributed by atoms with van der Waals surface area (Å²) in [6.07, 6.45) is 1.46. The highest BCUT2D eigenvalue weighted by atomic mass is 16.5. The lowest BCUT2D eigenvalue weighted by molar-refractivity contribution is -0.112. The maximum atomic E-state index is 12.5. The molecular formula is C24H18N2O4. The number of hydrogen-bond acceptors (Lipinski definition) is 4. The van der Waals surface area contributed by atoms with Gasteiger partial charge in [0.2, 0.25) is 0 Å². The standard InChI is InChI=1S/C24H18N2O4/c25-15-20(23(27)26-21-12-10-18(11-13-21)24(28)29)14-19-8-4-5-9-22(19)30-16-17-6-2-1-3-7-17/h1-14H,16H2,(H,26,27)(H,28,29)/b20-14+. The van der Waals surface area contributed by atoms with Crippen molar-refractivity contribution in [2.75, 3.05) is 5.32 Å². The van der Waals surface area contributed by atoms with Crippen LogP contribution in [0.15, 0.2) is 84.4 Å². The average Bonchev–Trinajstić information content (AvgIpc) is 2.77. The van der Waals surface area contributed by atoms with Crippen LogP contribution in [0, 0.1) is 11.3 Å². The van der Waals surface area contributed by atoms with E-state index in [1.54, 1.807) is 18.2 Å². The third-order valence-corrected chi connectivity index (χ3v) is 4.21. The molecule has 0 aliphatic heterocycles. The fourth-order valence-electron chi connectivity index (χ4n) is 2.67. The van der Waals surface area contributed by atoms with Crippen LogP contribution < -0.4 is 10.1 Å². The van der Waals surface area contributed by atoms with Gasteiger partial charge < -0.3 is 15.2 Å². The van der Waals surface area contributed by atoms with E-state index >= 15 is 0 Å². The number of carbonyl (C=O) groups excluding carboxylic acids is 1. The first kappa shape index (κ1) is 20.4. The third-order valence-electron chi connectivity index (χ3n) is 4.21. The zero-order valence-electron chi connectivity index (χ0n) is 15.9. The Morgan fingerprint density at radius 2 is 1.63 bits per heavy atom. The topological polar surface area (TPSA) is 99.4 Å². The molecule has 0 saturated heterocycles. The summed E-state index contributed by atoms with van der Waals surface area (Å²) in [5, 5.41) is 21.0. The van der Waals surface area contributed by atoms with Gasteiger partial charge in [0.25, 0.3) is 5.91 Å². The number of benzene rings is 3. The molecule has 30 heavy (non-hydrogen) atoms. The number of aromatic carboxylic acids is 1. The summed E-state index contributed by atoms with van der Waals surface area (Å²) in [5.74, 6) is -1.11. The molecule has 0 radical (unpaired) electrons. The van der Waals surface area contributed by atoms with Gasteiger partial charge >= 0.3 is 5.97 Å². The van der Waals surface area contributed by atoms with Crippen LogP contribution in [0.5, 0.6) is 5.75 Å². The Morgan fingerprint density at radius 3 is 2.30 bits per heavy atom. The summed E-state index contributed by atoms with van der Waals surface area (Å²) in [6.45, 7) is 0.357. The molecular weight excluding hydrogens is 380 g/mol. The van der Waals surface area contributed by atoms with Crippen molar-refractivity contribution >= 4 is 23.6 Å². The molecule has 148 valence electrons. The summed E-state index contributed by atoms with van der Waals surface area (Å²) >= 11 is 0. The van der Waals surface area contributed by atoms with E-state index in [0.717, 1.165) is 5.56 Å². The molecule has 3 aromatic rings. The van der Waals surface area contributed by atoms with E-state index in [4.69, 9.17) is 9.84 Å². The van der Waals surface area contributed by atoms with Gasteiger partial charge in [0.05, 0.1) is 5.56 Å². The maximum Gasteiger partial charge on any atom is 0.335 e. The molecule has 3 aromatic carbocycles. The van der Waals surface area contributed by atoms with E-state index in [1.165, 1.54) is 30.3 Å². The summed E-state index contributed by atoms with van der Waals surface area (Å²) < 4.78 is 5.86.